The van der Waals surface area contributed by atoms with E-state index in [9.17, 15) is 0 Å². The minimum atomic E-state index is -0.0168. The van der Waals surface area contributed by atoms with Crippen molar-refractivity contribution in [2.75, 3.05) is 24.7 Å². The van der Waals surface area contributed by atoms with Crippen LogP contribution >= 0.6 is 23.1 Å². The standard InChI is InChI=1S/C16H20N8S2/c1-9(12-18-14(17)20-15(19-12)23(2)3)26-16-22-21-13(11-5-4-8-25-11)24(16)10-6-7-10/h4-5,8-10H,6-7H2,1-3H3,(H2,17,18,19,20). The van der Waals surface area contributed by atoms with Gasteiger partial charge in [0.2, 0.25) is 11.9 Å². The molecular formula is C16H20N8S2. The zero-order valence-corrected chi connectivity index (χ0v) is 16.5. The van der Waals surface area contributed by atoms with Crippen molar-refractivity contribution in [2.24, 2.45) is 0 Å². The molecule has 0 saturated heterocycles. The second kappa shape index (κ2) is 6.84. The van der Waals surface area contributed by atoms with Crippen LogP contribution in [0.15, 0.2) is 22.7 Å². The Hall–Kier alpha value is -2.20. The molecular weight excluding hydrogens is 368 g/mol. The molecule has 1 unspecified atom stereocenters. The van der Waals surface area contributed by atoms with Crippen LogP contribution in [0.25, 0.3) is 10.7 Å². The molecule has 0 spiro atoms. The lowest BCUT2D eigenvalue weighted by Crippen LogP contribution is -2.16. The van der Waals surface area contributed by atoms with Crippen LogP contribution < -0.4 is 10.6 Å². The molecule has 1 atom stereocenters. The van der Waals surface area contributed by atoms with Crippen molar-refractivity contribution in [1.82, 2.24) is 29.7 Å². The molecule has 0 aromatic carbocycles. The molecule has 1 aliphatic rings. The lowest BCUT2D eigenvalue weighted by atomic mass is 10.4. The Balaban J connectivity index is 1.64. The van der Waals surface area contributed by atoms with E-state index in [0.29, 0.717) is 17.8 Å². The molecule has 10 heteroatoms. The van der Waals surface area contributed by atoms with Crippen LogP contribution in [0, 0.1) is 0 Å². The van der Waals surface area contributed by atoms with E-state index in [0.717, 1.165) is 15.9 Å². The fraction of sp³-hybridized carbons (Fsp3) is 0.438. The van der Waals surface area contributed by atoms with Crippen molar-refractivity contribution in [3.05, 3.63) is 23.3 Å². The molecule has 0 amide bonds. The number of nitrogen functional groups attached to an aromatic ring is 1. The third-order valence-corrected chi connectivity index (χ3v) is 5.94. The summed E-state index contributed by atoms with van der Waals surface area (Å²) in [6.45, 7) is 2.05. The molecule has 3 aromatic rings. The van der Waals surface area contributed by atoms with Gasteiger partial charge in [0.15, 0.2) is 11.0 Å². The Morgan fingerprint density at radius 1 is 1.27 bits per heavy atom. The van der Waals surface area contributed by atoms with Crippen LogP contribution in [0.1, 0.15) is 36.9 Å². The van der Waals surface area contributed by atoms with Crippen LogP contribution in [0.2, 0.25) is 0 Å². The summed E-state index contributed by atoms with van der Waals surface area (Å²) in [5.41, 5.74) is 5.85. The molecule has 1 fully saturated rings. The Morgan fingerprint density at radius 3 is 2.73 bits per heavy atom. The normalized spacial score (nSPS) is 15.2. The van der Waals surface area contributed by atoms with Crippen LogP contribution in [-0.2, 0) is 0 Å². The maximum Gasteiger partial charge on any atom is 0.229 e. The second-order valence-electron chi connectivity index (χ2n) is 6.39. The van der Waals surface area contributed by atoms with E-state index in [1.54, 1.807) is 23.1 Å². The number of nitrogens with zero attached hydrogens (tertiary/aromatic N) is 7. The lowest BCUT2D eigenvalue weighted by molar-refractivity contribution is 0.667. The van der Waals surface area contributed by atoms with Crippen molar-refractivity contribution < 1.29 is 0 Å². The summed E-state index contributed by atoms with van der Waals surface area (Å²) in [6.07, 6.45) is 2.34. The van der Waals surface area contributed by atoms with Gasteiger partial charge in [-0.05, 0) is 31.2 Å². The zero-order chi connectivity index (χ0) is 18.3. The van der Waals surface area contributed by atoms with Crippen molar-refractivity contribution >= 4 is 35.0 Å². The minimum absolute atomic E-state index is 0.0168. The van der Waals surface area contributed by atoms with Gasteiger partial charge in [-0.25, -0.2) is 0 Å². The molecule has 4 rings (SSSR count). The smallest absolute Gasteiger partial charge is 0.229 e. The maximum atomic E-state index is 5.85. The molecule has 0 bridgehead atoms. The fourth-order valence-electron chi connectivity index (χ4n) is 2.58. The molecule has 0 radical (unpaired) electrons. The molecule has 2 N–H and O–H groups in total. The van der Waals surface area contributed by atoms with Crippen LogP contribution in [0.5, 0.6) is 0 Å². The van der Waals surface area contributed by atoms with Gasteiger partial charge >= 0.3 is 0 Å². The van der Waals surface area contributed by atoms with Gasteiger partial charge in [0, 0.05) is 20.1 Å². The summed E-state index contributed by atoms with van der Waals surface area (Å²) in [4.78, 5) is 16.0. The van der Waals surface area contributed by atoms with E-state index in [-0.39, 0.29) is 11.2 Å². The van der Waals surface area contributed by atoms with E-state index in [2.05, 4.69) is 48.1 Å². The van der Waals surface area contributed by atoms with E-state index >= 15 is 0 Å². The van der Waals surface area contributed by atoms with Crippen LogP contribution in [0.4, 0.5) is 11.9 Å². The average Bonchev–Trinajstić information content (AvgIpc) is 3.14. The highest BCUT2D eigenvalue weighted by molar-refractivity contribution is 7.99. The molecule has 136 valence electrons. The summed E-state index contributed by atoms with van der Waals surface area (Å²) < 4.78 is 2.25. The Bertz CT molecular complexity index is 901. The molecule has 1 aliphatic carbocycles. The van der Waals surface area contributed by atoms with Gasteiger partial charge in [0.25, 0.3) is 0 Å². The number of aromatic nitrogens is 6. The molecule has 1 saturated carbocycles. The summed E-state index contributed by atoms with van der Waals surface area (Å²) in [5, 5.41) is 11.8. The summed E-state index contributed by atoms with van der Waals surface area (Å²) in [5.74, 6) is 2.38. The van der Waals surface area contributed by atoms with Gasteiger partial charge in [-0.15, -0.1) is 21.5 Å². The monoisotopic (exact) mass is 388 g/mol. The summed E-state index contributed by atoms with van der Waals surface area (Å²) >= 11 is 3.29. The summed E-state index contributed by atoms with van der Waals surface area (Å²) in [7, 11) is 3.76. The summed E-state index contributed by atoms with van der Waals surface area (Å²) in [6, 6.07) is 4.61. The van der Waals surface area contributed by atoms with Crippen molar-refractivity contribution in [1.29, 1.82) is 0 Å². The van der Waals surface area contributed by atoms with Gasteiger partial charge in [-0.1, -0.05) is 17.8 Å². The topological polar surface area (TPSA) is 98.6 Å². The third-order valence-electron chi connectivity index (χ3n) is 4.02. The number of rotatable bonds is 6. The third kappa shape index (κ3) is 3.38. The Kier molecular flexibility index (Phi) is 4.53. The van der Waals surface area contributed by atoms with Gasteiger partial charge < -0.3 is 10.6 Å². The number of thioether (sulfide) groups is 1. The number of thiophene rings is 1. The lowest BCUT2D eigenvalue weighted by Gasteiger charge is -2.15. The quantitative estimate of drug-likeness (QED) is 0.643. The van der Waals surface area contributed by atoms with Crippen molar-refractivity contribution in [3.63, 3.8) is 0 Å². The van der Waals surface area contributed by atoms with Crippen molar-refractivity contribution in [2.45, 2.75) is 36.2 Å². The first-order valence-electron chi connectivity index (χ1n) is 8.37. The van der Waals surface area contributed by atoms with Gasteiger partial charge in [-0.2, -0.15) is 15.0 Å². The first-order valence-corrected chi connectivity index (χ1v) is 10.1. The average molecular weight is 389 g/mol. The number of hydrogen-bond acceptors (Lipinski definition) is 9. The largest absolute Gasteiger partial charge is 0.368 e. The van der Waals surface area contributed by atoms with Crippen LogP contribution in [-0.4, -0.2) is 43.8 Å². The van der Waals surface area contributed by atoms with E-state index < -0.39 is 0 Å². The molecule has 8 nitrogen and oxygen atoms in total. The SMILES string of the molecule is CC(Sc1nnc(-c2cccs2)n1C1CC1)c1nc(N)nc(N(C)C)n1. The van der Waals surface area contributed by atoms with Gasteiger partial charge in [0.1, 0.15) is 5.82 Å². The fourth-order valence-corrected chi connectivity index (χ4v) is 4.25. The van der Waals surface area contributed by atoms with Crippen LogP contribution in [0.3, 0.4) is 0 Å². The number of nitrogens with two attached hydrogens (primary N) is 1. The first-order chi connectivity index (χ1) is 12.5. The second-order valence-corrected chi connectivity index (χ2v) is 8.65. The van der Waals surface area contributed by atoms with Crippen molar-refractivity contribution in [3.8, 4) is 10.7 Å². The molecule has 0 aliphatic heterocycles. The predicted molar refractivity (Wildman–Crippen MR) is 104 cm³/mol. The Morgan fingerprint density at radius 2 is 2.08 bits per heavy atom. The number of anilines is 2. The zero-order valence-electron chi connectivity index (χ0n) is 14.8. The molecule has 3 aromatic heterocycles. The molecule has 3 heterocycles. The first kappa shape index (κ1) is 17.2. The maximum absolute atomic E-state index is 5.85. The van der Waals surface area contributed by atoms with E-state index in [1.165, 1.54) is 12.8 Å². The highest BCUT2D eigenvalue weighted by atomic mass is 32.2. The van der Waals surface area contributed by atoms with Gasteiger partial charge in [0.05, 0.1) is 10.1 Å². The highest BCUT2D eigenvalue weighted by Gasteiger charge is 2.31. The highest BCUT2D eigenvalue weighted by Crippen LogP contribution is 2.44. The van der Waals surface area contributed by atoms with E-state index in [4.69, 9.17) is 5.73 Å². The molecule has 26 heavy (non-hydrogen) atoms. The Labute approximate surface area is 159 Å². The van der Waals surface area contributed by atoms with E-state index in [1.807, 2.05) is 25.1 Å². The predicted octanol–water partition coefficient (Wildman–Crippen LogP) is 3.03. The van der Waals surface area contributed by atoms with Gasteiger partial charge in [-0.3, -0.25) is 4.57 Å². The number of hydrogen-bond donors (Lipinski definition) is 1. The minimum Gasteiger partial charge on any atom is -0.368 e.